The highest BCUT2D eigenvalue weighted by molar-refractivity contribution is 5.85. The van der Waals surface area contributed by atoms with Crippen LogP contribution in [-0.2, 0) is 13.6 Å². The molecule has 31 heavy (non-hydrogen) atoms. The van der Waals surface area contributed by atoms with Crippen LogP contribution >= 0.6 is 24.8 Å². The predicted molar refractivity (Wildman–Crippen MR) is 127 cm³/mol. The van der Waals surface area contributed by atoms with Crippen molar-refractivity contribution in [1.82, 2.24) is 14.9 Å². The van der Waals surface area contributed by atoms with E-state index in [1.165, 1.54) is 16.5 Å². The van der Waals surface area contributed by atoms with Crippen LogP contribution in [0.5, 0.6) is 5.88 Å². The molecule has 1 aliphatic rings. The fourth-order valence-corrected chi connectivity index (χ4v) is 4.41. The quantitative estimate of drug-likeness (QED) is 0.496. The lowest BCUT2D eigenvalue weighted by Gasteiger charge is -2.29. The van der Waals surface area contributed by atoms with Crippen molar-refractivity contribution in [3.05, 3.63) is 59.9 Å². The third-order valence-corrected chi connectivity index (χ3v) is 5.91. The van der Waals surface area contributed by atoms with Gasteiger partial charge in [-0.3, -0.25) is 0 Å². The molecule has 0 radical (unpaired) electrons. The zero-order valence-corrected chi connectivity index (χ0v) is 19.5. The van der Waals surface area contributed by atoms with Gasteiger partial charge in [-0.2, -0.15) is 0 Å². The number of benzene rings is 1. The van der Waals surface area contributed by atoms with Crippen LogP contribution in [0.4, 0.5) is 0 Å². The van der Waals surface area contributed by atoms with E-state index in [2.05, 4.69) is 46.3 Å². The summed E-state index contributed by atoms with van der Waals surface area (Å²) < 4.78 is 8.11. The Morgan fingerprint density at radius 1 is 1.10 bits per heavy atom. The van der Waals surface area contributed by atoms with Crippen molar-refractivity contribution in [2.75, 3.05) is 13.2 Å². The summed E-state index contributed by atoms with van der Waals surface area (Å²) in [5.41, 5.74) is 3.00. The van der Waals surface area contributed by atoms with Gasteiger partial charge in [-0.05, 0) is 37.5 Å². The van der Waals surface area contributed by atoms with Gasteiger partial charge < -0.3 is 24.8 Å². The maximum absolute atomic E-state index is 10.2. The highest BCUT2D eigenvalue weighted by Crippen LogP contribution is 2.38. The summed E-state index contributed by atoms with van der Waals surface area (Å²) in [6.45, 7) is 3.70. The Bertz CT molecular complexity index is 985. The number of pyridine rings is 1. The minimum atomic E-state index is -0.719. The predicted octanol–water partition coefficient (Wildman–Crippen LogP) is 3.40. The van der Waals surface area contributed by atoms with Crippen LogP contribution in [0.2, 0.25) is 0 Å². The number of rotatable bonds is 7. The molecule has 0 bridgehead atoms. The smallest absolute Gasteiger partial charge is 0.213 e. The molecule has 3 aromatic rings. The van der Waals surface area contributed by atoms with E-state index in [1.54, 1.807) is 0 Å². The SMILES string of the molecule is Cc1cccc(OCC2(CNCc3cn(C)c4ccccc34)C[C@@H](O)[C@@H](O)C2)n1.Cl.Cl. The summed E-state index contributed by atoms with van der Waals surface area (Å²) in [6.07, 6.45) is 1.72. The lowest BCUT2D eigenvalue weighted by molar-refractivity contribution is 0.0438. The number of fused-ring (bicyclic) bond motifs is 1. The number of hydrogen-bond acceptors (Lipinski definition) is 5. The standard InChI is InChI=1S/C23H29N3O3.2ClH/c1-16-6-5-9-22(25-16)29-15-23(10-20(27)21(28)11-23)14-24-12-17-13-26(2)19-8-4-3-7-18(17)19;;/h3-9,13,20-21,24,27-28H,10-12,14-15H2,1-2H3;2*1H/t20-,21+,23?;;. The number of halogens is 2. The molecular weight excluding hydrogens is 437 g/mol. The molecule has 0 aliphatic heterocycles. The Kier molecular flexibility index (Phi) is 8.74. The van der Waals surface area contributed by atoms with Crippen molar-refractivity contribution in [2.45, 2.75) is 38.5 Å². The molecule has 2 heterocycles. The van der Waals surface area contributed by atoms with Gasteiger partial charge in [0.25, 0.3) is 0 Å². The second-order valence-electron chi connectivity index (χ2n) is 8.33. The van der Waals surface area contributed by atoms with Crippen molar-refractivity contribution in [1.29, 1.82) is 0 Å². The van der Waals surface area contributed by atoms with E-state index in [9.17, 15) is 10.2 Å². The molecule has 3 atom stereocenters. The number of aryl methyl sites for hydroxylation is 2. The summed E-state index contributed by atoms with van der Waals surface area (Å²) in [7, 11) is 2.06. The van der Waals surface area contributed by atoms with Crippen molar-refractivity contribution < 1.29 is 14.9 Å². The van der Waals surface area contributed by atoms with E-state index in [-0.39, 0.29) is 30.2 Å². The third-order valence-electron chi connectivity index (χ3n) is 5.91. The van der Waals surface area contributed by atoms with Gasteiger partial charge in [-0.15, -0.1) is 24.8 Å². The fraction of sp³-hybridized carbons (Fsp3) is 0.435. The lowest BCUT2D eigenvalue weighted by Crippen LogP contribution is -2.38. The molecule has 1 unspecified atom stereocenters. The normalized spacial score (nSPS) is 22.7. The number of aromatic nitrogens is 2. The minimum absolute atomic E-state index is 0. The monoisotopic (exact) mass is 467 g/mol. The molecule has 1 aliphatic carbocycles. The molecule has 1 fully saturated rings. The van der Waals surface area contributed by atoms with Crippen LogP contribution in [0.3, 0.4) is 0 Å². The molecule has 8 heteroatoms. The molecule has 1 aromatic carbocycles. The van der Waals surface area contributed by atoms with Crippen LogP contribution in [0.25, 0.3) is 10.9 Å². The van der Waals surface area contributed by atoms with Crippen LogP contribution in [0.1, 0.15) is 24.1 Å². The Hall–Kier alpha value is -1.83. The van der Waals surface area contributed by atoms with Gasteiger partial charge in [0.2, 0.25) is 5.88 Å². The molecular formula is C23H31Cl2N3O3. The average Bonchev–Trinajstić information content (AvgIpc) is 3.17. The van der Waals surface area contributed by atoms with Gasteiger partial charge >= 0.3 is 0 Å². The maximum atomic E-state index is 10.2. The maximum Gasteiger partial charge on any atom is 0.213 e. The molecule has 2 aromatic heterocycles. The first kappa shape index (κ1) is 25.4. The summed E-state index contributed by atoms with van der Waals surface area (Å²) in [4.78, 5) is 4.40. The van der Waals surface area contributed by atoms with Gasteiger partial charge in [0.1, 0.15) is 0 Å². The van der Waals surface area contributed by atoms with Crippen LogP contribution in [0, 0.1) is 12.3 Å². The molecule has 3 N–H and O–H groups in total. The summed E-state index contributed by atoms with van der Waals surface area (Å²) in [5, 5.41) is 25.1. The molecule has 170 valence electrons. The largest absolute Gasteiger partial charge is 0.477 e. The number of aliphatic hydroxyl groups is 2. The van der Waals surface area contributed by atoms with E-state index in [0.29, 0.717) is 31.9 Å². The molecule has 4 rings (SSSR count). The minimum Gasteiger partial charge on any atom is -0.477 e. The Balaban J connectivity index is 0.00000171. The molecule has 6 nitrogen and oxygen atoms in total. The van der Waals surface area contributed by atoms with Gasteiger partial charge in [0, 0.05) is 54.4 Å². The fourth-order valence-electron chi connectivity index (χ4n) is 4.41. The van der Waals surface area contributed by atoms with Crippen molar-refractivity contribution in [3.63, 3.8) is 0 Å². The van der Waals surface area contributed by atoms with Crippen molar-refractivity contribution in [3.8, 4) is 5.88 Å². The van der Waals surface area contributed by atoms with Gasteiger partial charge in [-0.25, -0.2) is 4.98 Å². The van der Waals surface area contributed by atoms with E-state index < -0.39 is 12.2 Å². The number of nitrogens with one attached hydrogen (secondary N) is 1. The first-order chi connectivity index (χ1) is 14.0. The third kappa shape index (κ3) is 5.70. The average molecular weight is 468 g/mol. The highest BCUT2D eigenvalue weighted by Gasteiger charge is 2.44. The van der Waals surface area contributed by atoms with Crippen LogP contribution in [0.15, 0.2) is 48.7 Å². The zero-order valence-electron chi connectivity index (χ0n) is 17.8. The lowest BCUT2D eigenvalue weighted by atomic mass is 9.86. The summed E-state index contributed by atoms with van der Waals surface area (Å²) in [6, 6.07) is 14.0. The number of hydrogen-bond donors (Lipinski definition) is 3. The van der Waals surface area contributed by atoms with Crippen molar-refractivity contribution >= 4 is 35.7 Å². The van der Waals surface area contributed by atoms with Gasteiger partial charge in [0.15, 0.2) is 0 Å². The second kappa shape index (κ2) is 10.7. The summed E-state index contributed by atoms with van der Waals surface area (Å²) in [5.74, 6) is 0.578. The van der Waals surface area contributed by atoms with E-state index in [1.807, 2.05) is 31.2 Å². The molecule has 1 saturated carbocycles. The first-order valence-corrected chi connectivity index (χ1v) is 10.1. The van der Waals surface area contributed by atoms with Crippen LogP contribution in [-0.4, -0.2) is 45.1 Å². The number of aliphatic hydroxyl groups excluding tert-OH is 2. The Morgan fingerprint density at radius 3 is 2.52 bits per heavy atom. The van der Waals surface area contributed by atoms with Crippen molar-refractivity contribution in [2.24, 2.45) is 12.5 Å². The zero-order chi connectivity index (χ0) is 20.4. The second-order valence-corrected chi connectivity index (χ2v) is 8.33. The van der Waals surface area contributed by atoms with Gasteiger partial charge in [-0.1, -0.05) is 24.3 Å². The van der Waals surface area contributed by atoms with E-state index in [0.717, 1.165) is 12.2 Å². The first-order valence-electron chi connectivity index (χ1n) is 10.1. The van der Waals surface area contributed by atoms with Crippen LogP contribution < -0.4 is 10.1 Å². The summed E-state index contributed by atoms with van der Waals surface area (Å²) >= 11 is 0. The molecule has 0 spiro atoms. The van der Waals surface area contributed by atoms with E-state index in [4.69, 9.17) is 4.74 Å². The van der Waals surface area contributed by atoms with Gasteiger partial charge in [0.05, 0.1) is 18.8 Å². The number of para-hydroxylation sites is 1. The molecule has 0 saturated heterocycles. The number of ether oxygens (including phenoxy) is 1. The Morgan fingerprint density at radius 2 is 1.81 bits per heavy atom. The topological polar surface area (TPSA) is 79.5 Å². The Labute approximate surface area is 195 Å². The highest BCUT2D eigenvalue weighted by atomic mass is 35.5. The number of nitrogens with zero attached hydrogens (tertiary/aromatic N) is 2. The molecule has 0 amide bonds. The van der Waals surface area contributed by atoms with E-state index >= 15 is 0 Å².